The van der Waals surface area contributed by atoms with Gasteiger partial charge in [-0.05, 0) is 26.2 Å². The highest BCUT2D eigenvalue weighted by Gasteiger charge is 2.35. The minimum Gasteiger partial charge on any atom is -0.506 e. The number of aliphatic hydroxyl groups excluding tert-OH is 1. The van der Waals surface area contributed by atoms with Gasteiger partial charge in [0.2, 0.25) is 5.82 Å². The van der Waals surface area contributed by atoms with E-state index in [1.807, 2.05) is 0 Å². The Kier molecular flexibility index (Phi) is 7.35. The molecule has 0 radical (unpaired) electrons. The topological polar surface area (TPSA) is 102 Å². The lowest BCUT2D eigenvalue weighted by molar-refractivity contribution is -0.388. The molecule has 0 unspecified atom stereocenters. The lowest BCUT2D eigenvalue weighted by Gasteiger charge is -2.12. The highest BCUT2D eigenvalue weighted by molar-refractivity contribution is 6.15. The largest absolute Gasteiger partial charge is 0.506 e. The maximum Gasteiger partial charge on any atom is 0.343 e. The van der Waals surface area contributed by atoms with E-state index in [1.54, 1.807) is 6.92 Å². The third-order valence-electron chi connectivity index (χ3n) is 4.59. The van der Waals surface area contributed by atoms with Crippen molar-refractivity contribution in [2.45, 2.75) is 52.0 Å². The molecule has 0 heterocycles. The van der Waals surface area contributed by atoms with E-state index in [0.29, 0.717) is 6.42 Å². The Morgan fingerprint density at radius 2 is 1.90 bits per heavy atom. The van der Waals surface area contributed by atoms with Crippen LogP contribution < -0.4 is 0 Å². The predicted molar refractivity (Wildman–Crippen MR) is 99.3 cm³/mol. The lowest BCUT2D eigenvalue weighted by Crippen LogP contribution is -2.15. The molecule has 0 aromatic heterocycles. The lowest BCUT2D eigenvalue weighted by atomic mass is 10.0. The zero-order chi connectivity index (χ0) is 21.7. The molecule has 0 atom stereocenters. The van der Waals surface area contributed by atoms with Crippen LogP contribution in [0, 0.1) is 34.5 Å². The van der Waals surface area contributed by atoms with Crippen molar-refractivity contribution >= 4 is 23.6 Å². The number of aliphatic hydroxyl groups is 1. The van der Waals surface area contributed by atoms with Crippen LogP contribution in [0.3, 0.4) is 0 Å². The third-order valence-corrected chi connectivity index (χ3v) is 4.59. The van der Waals surface area contributed by atoms with Crippen molar-refractivity contribution in [1.82, 2.24) is 0 Å². The zero-order valence-corrected chi connectivity index (χ0v) is 16.0. The van der Waals surface area contributed by atoms with Gasteiger partial charge in [0, 0.05) is 17.8 Å². The summed E-state index contributed by atoms with van der Waals surface area (Å²) in [5, 5.41) is 21.8. The molecule has 1 saturated carbocycles. The Bertz CT molecular complexity index is 877. The first-order valence-electron chi connectivity index (χ1n) is 9.15. The number of nitro groups is 1. The molecule has 0 spiro atoms. The van der Waals surface area contributed by atoms with Crippen LogP contribution >= 0.6 is 0 Å². The molecule has 29 heavy (non-hydrogen) atoms. The Labute approximate surface area is 165 Å². The van der Waals surface area contributed by atoms with Crippen molar-refractivity contribution in [3.63, 3.8) is 0 Å². The third kappa shape index (κ3) is 4.75. The van der Waals surface area contributed by atoms with Crippen molar-refractivity contribution in [2.24, 2.45) is 4.99 Å². The van der Waals surface area contributed by atoms with E-state index in [2.05, 4.69) is 4.99 Å². The van der Waals surface area contributed by atoms with Crippen LogP contribution in [0.15, 0.2) is 10.6 Å². The number of nitro benzene ring substituents is 1. The monoisotopic (exact) mass is 414 g/mol. The molecule has 1 aromatic rings. The fourth-order valence-electron chi connectivity index (χ4n) is 3.00. The quantitative estimate of drug-likeness (QED) is 0.134. The van der Waals surface area contributed by atoms with Gasteiger partial charge >= 0.3 is 11.7 Å². The van der Waals surface area contributed by atoms with Gasteiger partial charge in [-0.1, -0.05) is 19.8 Å². The molecule has 1 N–H and O–H groups in total. The number of halogens is 3. The number of benzene rings is 1. The average Bonchev–Trinajstić information content (AvgIpc) is 3.20. The highest BCUT2D eigenvalue weighted by Crippen LogP contribution is 2.35. The van der Waals surface area contributed by atoms with Crippen molar-refractivity contribution in [3.8, 4) is 0 Å². The average molecular weight is 414 g/mol. The van der Waals surface area contributed by atoms with E-state index < -0.39 is 56.5 Å². The van der Waals surface area contributed by atoms with Crippen molar-refractivity contribution < 1.29 is 32.7 Å². The Morgan fingerprint density at radius 3 is 2.45 bits per heavy atom. The van der Waals surface area contributed by atoms with Gasteiger partial charge in [0.1, 0.15) is 22.7 Å². The van der Waals surface area contributed by atoms with Crippen molar-refractivity contribution in [1.29, 1.82) is 0 Å². The van der Waals surface area contributed by atoms with Gasteiger partial charge in [-0.25, -0.2) is 13.6 Å². The molecule has 10 heteroatoms. The second-order valence-electron chi connectivity index (χ2n) is 6.66. The SMILES string of the molecule is CCCOC(=O)/C(C=NC1CCCC1)=C(/O)c1c(F)c(C)c(F)c(F)c1[N+](=O)[O-]. The molecule has 1 fully saturated rings. The number of hydrogen-bond donors (Lipinski definition) is 1. The maximum atomic E-state index is 14.6. The number of hydrogen-bond acceptors (Lipinski definition) is 6. The fourth-order valence-corrected chi connectivity index (χ4v) is 3.00. The van der Waals surface area contributed by atoms with Crippen LogP contribution in [-0.4, -0.2) is 34.9 Å². The summed E-state index contributed by atoms with van der Waals surface area (Å²) >= 11 is 0. The summed E-state index contributed by atoms with van der Waals surface area (Å²) < 4.78 is 47.5. The van der Waals surface area contributed by atoms with Gasteiger partial charge in [0.25, 0.3) is 0 Å². The standard InChI is InChI=1S/C19H21F3N2O5/c1-3-8-29-19(26)12(9-23-11-6-4-5-7-11)18(25)13-14(20)10(2)15(21)16(22)17(13)24(27)28/h9,11,25H,3-8H2,1-2H3/b18-12+,23-9?. The summed E-state index contributed by atoms with van der Waals surface area (Å²) in [6, 6.07) is -0.136. The number of carbonyl (C=O) groups is 1. The van der Waals surface area contributed by atoms with Crippen LogP contribution in [-0.2, 0) is 9.53 Å². The second-order valence-corrected chi connectivity index (χ2v) is 6.66. The molecule has 7 nitrogen and oxygen atoms in total. The molecule has 1 aromatic carbocycles. The van der Waals surface area contributed by atoms with Gasteiger partial charge in [-0.15, -0.1) is 0 Å². The number of esters is 1. The summed E-state index contributed by atoms with van der Waals surface area (Å²) in [4.78, 5) is 26.4. The molecule has 0 bridgehead atoms. The summed E-state index contributed by atoms with van der Waals surface area (Å²) in [5.41, 5.74) is -4.38. The Morgan fingerprint density at radius 1 is 1.28 bits per heavy atom. The highest BCUT2D eigenvalue weighted by atomic mass is 19.2. The van der Waals surface area contributed by atoms with Crippen LogP contribution in [0.25, 0.3) is 5.76 Å². The minimum atomic E-state index is -1.94. The number of carbonyl (C=O) groups excluding carboxylic acids is 1. The number of rotatable bonds is 7. The summed E-state index contributed by atoms with van der Waals surface area (Å²) in [5.74, 6) is -7.59. The Hall–Kier alpha value is -2.91. The first kappa shape index (κ1) is 22.4. The molecular formula is C19H21F3N2O5. The van der Waals surface area contributed by atoms with Gasteiger partial charge in [-0.2, -0.15) is 4.39 Å². The van der Waals surface area contributed by atoms with Gasteiger partial charge in [0.05, 0.1) is 11.5 Å². The van der Waals surface area contributed by atoms with Crippen LogP contribution in [0.5, 0.6) is 0 Å². The number of nitrogens with zero attached hydrogens (tertiary/aromatic N) is 2. The minimum absolute atomic E-state index is 0.0335. The first-order valence-corrected chi connectivity index (χ1v) is 9.15. The number of aliphatic imine (C=N–C) groups is 1. The van der Waals surface area contributed by atoms with Crippen LogP contribution in [0.1, 0.15) is 50.2 Å². The molecule has 1 aliphatic rings. The molecule has 1 aliphatic carbocycles. The maximum absolute atomic E-state index is 14.6. The molecule has 0 saturated heterocycles. The molecule has 0 aliphatic heterocycles. The molecular weight excluding hydrogens is 393 g/mol. The van der Waals surface area contributed by atoms with Crippen LogP contribution in [0.4, 0.5) is 18.9 Å². The van der Waals surface area contributed by atoms with E-state index in [9.17, 15) is 33.2 Å². The van der Waals surface area contributed by atoms with Crippen LogP contribution in [0.2, 0.25) is 0 Å². The smallest absolute Gasteiger partial charge is 0.343 e. The summed E-state index contributed by atoms with van der Waals surface area (Å²) in [7, 11) is 0. The van der Waals surface area contributed by atoms with E-state index in [1.165, 1.54) is 0 Å². The summed E-state index contributed by atoms with van der Waals surface area (Å²) in [6.07, 6.45) is 4.73. The van der Waals surface area contributed by atoms with E-state index in [-0.39, 0.29) is 12.6 Å². The van der Waals surface area contributed by atoms with E-state index in [0.717, 1.165) is 38.8 Å². The predicted octanol–water partition coefficient (Wildman–Crippen LogP) is 4.56. The first-order chi connectivity index (χ1) is 13.7. The fraction of sp³-hybridized carbons (Fsp3) is 0.474. The molecule has 2 rings (SSSR count). The van der Waals surface area contributed by atoms with E-state index >= 15 is 0 Å². The molecule has 158 valence electrons. The second kappa shape index (κ2) is 9.53. The zero-order valence-electron chi connectivity index (χ0n) is 16.0. The number of ether oxygens (including phenoxy) is 1. The Balaban J connectivity index is 2.70. The van der Waals surface area contributed by atoms with Gasteiger partial charge < -0.3 is 9.84 Å². The molecule has 0 amide bonds. The van der Waals surface area contributed by atoms with E-state index in [4.69, 9.17) is 4.74 Å². The normalized spacial score (nSPS) is 15.6. The van der Waals surface area contributed by atoms with Crippen molar-refractivity contribution in [3.05, 3.63) is 44.3 Å². The van der Waals surface area contributed by atoms with Gasteiger partial charge in [0.15, 0.2) is 5.82 Å². The summed E-state index contributed by atoms with van der Waals surface area (Å²) in [6.45, 7) is 2.54. The van der Waals surface area contributed by atoms with Gasteiger partial charge in [-0.3, -0.25) is 15.1 Å². The van der Waals surface area contributed by atoms with Crippen molar-refractivity contribution in [2.75, 3.05) is 6.61 Å².